The Hall–Kier alpha value is -2.80. The van der Waals surface area contributed by atoms with E-state index in [1.54, 1.807) is 0 Å². The quantitative estimate of drug-likeness (QED) is 0.451. The average molecular weight is 464 g/mol. The maximum Gasteiger partial charge on any atom is 0.240 e. The number of aliphatic hydroxyl groups is 1. The number of aromatic nitrogens is 5. The molecule has 1 aromatic carbocycles. The Morgan fingerprint density at radius 2 is 1.97 bits per heavy atom. The second-order valence-corrected chi connectivity index (χ2v) is 12.2. The highest BCUT2D eigenvalue weighted by Gasteiger charge is 2.48. The molecule has 1 aliphatic carbocycles. The van der Waals surface area contributed by atoms with E-state index < -0.39 is 14.6 Å². The van der Waals surface area contributed by atoms with Gasteiger partial charge in [0.15, 0.2) is 0 Å². The normalized spacial score (nSPS) is 21.5. The van der Waals surface area contributed by atoms with Crippen molar-refractivity contribution >= 4 is 26.0 Å². The summed E-state index contributed by atoms with van der Waals surface area (Å²) in [5, 5.41) is 11.0. The van der Waals surface area contributed by atoms with Gasteiger partial charge in [0.25, 0.3) is 0 Å². The summed E-state index contributed by atoms with van der Waals surface area (Å²) < 4.78 is 8.12. The van der Waals surface area contributed by atoms with Crippen LogP contribution in [0.3, 0.4) is 0 Å². The Bertz CT molecular complexity index is 1230. The Labute approximate surface area is 196 Å². The number of fused-ring (bicyclic) bond motifs is 1. The highest BCUT2D eigenvalue weighted by Crippen LogP contribution is 2.45. The molecule has 8 nitrogen and oxygen atoms in total. The minimum absolute atomic E-state index is 0.0289. The predicted octanol–water partition coefficient (Wildman–Crippen LogP) is 3.28. The van der Waals surface area contributed by atoms with Crippen LogP contribution in [0.5, 0.6) is 0 Å². The summed E-state index contributed by atoms with van der Waals surface area (Å²) >= 11 is 0. The topological polar surface area (TPSA) is 112 Å². The monoisotopic (exact) mass is 463 g/mol. The minimum Gasteiger partial charge on any atom is -0.413 e. The van der Waals surface area contributed by atoms with Crippen LogP contribution in [0.4, 0.5) is 5.95 Å². The summed E-state index contributed by atoms with van der Waals surface area (Å²) in [6.45, 7) is 12.8. The third-order valence-corrected chi connectivity index (χ3v) is 6.61. The van der Waals surface area contributed by atoms with E-state index in [-0.39, 0.29) is 17.5 Å². The second kappa shape index (κ2) is 8.52. The molecule has 1 radical (unpaired) electrons. The van der Waals surface area contributed by atoms with Gasteiger partial charge >= 0.3 is 0 Å². The van der Waals surface area contributed by atoms with Crippen LogP contribution in [0, 0.1) is 30.1 Å². The van der Waals surface area contributed by atoms with E-state index >= 15 is 0 Å². The summed E-state index contributed by atoms with van der Waals surface area (Å²) in [7, 11) is -0.824. The lowest BCUT2D eigenvalue weighted by Gasteiger charge is -2.48. The van der Waals surface area contributed by atoms with Gasteiger partial charge in [0, 0.05) is 5.56 Å². The SMILES string of the molecule is Cc1nc2ccc(C#CC3(O)CC(C(O[Si](C)C)C(C)(C)C)C3)cc2n1-c1ncnc(N)n1. The Balaban J connectivity index is 1.57. The first-order chi connectivity index (χ1) is 15.4. The molecule has 2 aromatic heterocycles. The van der Waals surface area contributed by atoms with Crippen molar-refractivity contribution in [2.45, 2.75) is 65.3 Å². The Kier molecular flexibility index (Phi) is 6.03. The first kappa shape index (κ1) is 23.4. The molecule has 1 unspecified atom stereocenters. The van der Waals surface area contributed by atoms with Gasteiger partial charge in [-0.05, 0) is 62.4 Å². The third-order valence-electron chi connectivity index (χ3n) is 5.88. The maximum absolute atomic E-state index is 11.0. The van der Waals surface area contributed by atoms with Gasteiger partial charge < -0.3 is 15.3 Å². The molecule has 1 aliphatic rings. The average Bonchev–Trinajstić information content (AvgIpc) is 3.02. The molecule has 3 N–H and O–H groups in total. The number of nitrogens with zero attached hydrogens (tertiary/aromatic N) is 5. The van der Waals surface area contributed by atoms with Crippen molar-refractivity contribution in [3.8, 4) is 17.8 Å². The number of imidazole rings is 1. The summed E-state index contributed by atoms with van der Waals surface area (Å²) in [6, 6.07) is 5.76. The van der Waals surface area contributed by atoms with Crippen LogP contribution in [0.1, 0.15) is 45.0 Å². The van der Waals surface area contributed by atoms with Gasteiger partial charge in [-0.25, -0.2) is 15.0 Å². The van der Waals surface area contributed by atoms with E-state index in [2.05, 4.69) is 65.6 Å². The van der Waals surface area contributed by atoms with Crippen LogP contribution >= 0.6 is 0 Å². The molecular weight excluding hydrogens is 432 g/mol. The van der Waals surface area contributed by atoms with E-state index in [4.69, 9.17) is 10.2 Å². The molecule has 1 saturated carbocycles. The van der Waals surface area contributed by atoms with Crippen molar-refractivity contribution in [2.24, 2.45) is 11.3 Å². The molecule has 173 valence electrons. The minimum atomic E-state index is -0.986. The Morgan fingerprint density at radius 3 is 2.61 bits per heavy atom. The zero-order valence-corrected chi connectivity index (χ0v) is 21.0. The van der Waals surface area contributed by atoms with Crippen molar-refractivity contribution in [1.29, 1.82) is 0 Å². The lowest BCUT2D eigenvalue weighted by molar-refractivity contribution is -0.0935. The van der Waals surface area contributed by atoms with Gasteiger partial charge in [-0.3, -0.25) is 4.57 Å². The van der Waals surface area contributed by atoms with Gasteiger partial charge in [0.1, 0.15) is 17.8 Å². The Morgan fingerprint density at radius 1 is 1.24 bits per heavy atom. The van der Waals surface area contributed by atoms with Crippen LogP contribution in [-0.4, -0.2) is 50.4 Å². The smallest absolute Gasteiger partial charge is 0.240 e. The van der Waals surface area contributed by atoms with E-state index in [0.717, 1.165) is 22.4 Å². The summed E-state index contributed by atoms with van der Waals surface area (Å²) in [5.41, 5.74) is 7.20. The largest absolute Gasteiger partial charge is 0.413 e. The van der Waals surface area contributed by atoms with Crippen LogP contribution in [0.15, 0.2) is 24.5 Å². The van der Waals surface area contributed by atoms with Gasteiger partial charge in [-0.2, -0.15) is 4.98 Å². The molecule has 0 bridgehead atoms. The molecule has 0 aliphatic heterocycles. The summed E-state index contributed by atoms with van der Waals surface area (Å²) in [4.78, 5) is 16.9. The number of aryl methyl sites for hydroxylation is 1. The van der Waals surface area contributed by atoms with E-state index in [1.165, 1.54) is 6.33 Å². The molecule has 0 saturated heterocycles. The molecule has 9 heteroatoms. The summed E-state index contributed by atoms with van der Waals surface area (Å²) in [5.74, 6) is 7.88. The molecule has 1 atom stereocenters. The fourth-order valence-electron chi connectivity index (χ4n) is 4.48. The van der Waals surface area contributed by atoms with Crippen molar-refractivity contribution in [3.05, 3.63) is 35.9 Å². The third kappa shape index (κ3) is 4.93. The number of rotatable bonds is 4. The summed E-state index contributed by atoms with van der Waals surface area (Å²) in [6.07, 6.45) is 2.76. The first-order valence-electron chi connectivity index (χ1n) is 11.1. The lowest BCUT2D eigenvalue weighted by Crippen LogP contribution is -2.52. The highest BCUT2D eigenvalue weighted by molar-refractivity contribution is 6.48. The van der Waals surface area contributed by atoms with Gasteiger partial charge in [0.05, 0.1) is 17.1 Å². The zero-order valence-electron chi connectivity index (χ0n) is 20.0. The predicted molar refractivity (Wildman–Crippen MR) is 130 cm³/mol. The standard InChI is InChI=1S/C24H31N6O2Si/c1-15-28-18-8-7-16(11-19(18)30(15)22-27-14-26-21(25)29-22)9-10-24(31)12-17(13-24)20(23(2,3)4)32-33(5)6/h7-8,11,14,17,20,31H,12-13H2,1-6H3,(H2,25,26,27,29). The van der Waals surface area contributed by atoms with Gasteiger partial charge in [-0.1, -0.05) is 32.6 Å². The fraction of sp³-hybridized carbons (Fsp3) is 0.500. The lowest BCUT2D eigenvalue weighted by atomic mass is 9.64. The fourth-order valence-corrected chi connectivity index (χ4v) is 5.53. The molecule has 1 fully saturated rings. The molecule has 3 aromatic rings. The second-order valence-electron chi connectivity index (χ2n) is 10.1. The number of hydrogen-bond acceptors (Lipinski definition) is 7. The number of hydrogen-bond donors (Lipinski definition) is 2. The zero-order chi connectivity index (χ0) is 24.0. The number of anilines is 1. The van der Waals surface area contributed by atoms with Crippen LogP contribution < -0.4 is 5.73 Å². The van der Waals surface area contributed by atoms with Crippen LogP contribution in [-0.2, 0) is 4.43 Å². The van der Waals surface area contributed by atoms with Crippen molar-refractivity contribution < 1.29 is 9.53 Å². The van der Waals surface area contributed by atoms with Crippen molar-refractivity contribution in [3.63, 3.8) is 0 Å². The van der Waals surface area contributed by atoms with Crippen molar-refractivity contribution in [1.82, 2.24) is 24.5 Å². The molecular formula is C24H31N6O2Si. The van der Waals surface area contributed by atoms with E-state index in [0.29, 0.717) is 24.7 Å². The highest BCUT2D eigenvalue weighted by atomic mass is 28.3. The van der Waals surface area contributed by atoms with Crippen LogP contribution in [0.25, 0.3) is 17.0 Å². The van der Waals surface area contributed by atoms with Crippen molar-refractivity contribution in [2.75, 3.05) is 5.73 Å². The molecule has 33 heavy (non-hydrogen) atoms. The molecule has 2 heterocycles. The van der Waals surface area contributed by atoms with E-state index in [1.807, 2.05) is 29.7 Å². The molecule has 4 rings (SSSR count). The number of benzene rings is 1. The molecule has 0 spiro atoms. The van der Waals surface area contributed by atoms with Gasteiger partial charge in [-0.15, -0.1) is 0 Å². The van der Waals surface area contributed by atoms with Crippen LogP contribution in [0.2, 0.25) is 13.1 Å². The molecule has 0 amide bonds. The number of nitrogens with two attached hydrogens (primary N) is 1. The number of nitrogen functional groups attached to an aromatic ring is 1. The van der Waals surface area contributed by atoms with Gasteiger partial charge in [0.2, 0.25) is 20.9 Å². The van der Waals surface area contributed by atoms with E-state index in [9.17, 15) is 5.11 Å². The maximum atomic E-state index is 11.0. The first-order valence-corrected chi connectivity index (χ1v) is 13.5.